The third kappa shape index (κ3) is 2.15. The molecule has 1 heterocycles. The monoisotopic (exact) mass is 206 g/mol. The smallest absolute Gasteiger partial charge is 0.142 e. The van der Waals surface area contributed by atoms with E-state index < -0.39 is 0 Å². The van der Waals surface area contributed by atoms with Crippen LogP contribution in [0.1, 0.15) is 0 Å². The van der Waals surface area contributed by atoms with Crippen molar-refractivity contribution in [2.24, 2.45) is 0 Å². The van der Waals surface area contributed by atoms with Gasteiger partial charge in [0, 0.05) is 31.9 Å². The summed E-state index contributed by atoms with van der Waals surface area (Å²) in [6, 6.07) is 5.73. The summed E-state index contributed by atoms with van der Waals surface area (Å²) in [7, 11) is 1.68. The molecule has 2 N–H and O–H groups in total. The molecular formula is C11H16N3O. The summed E-state index contributed by atoms with van der Waals surface area (Å²) in [6.45, 7) is 3.66. The summed E-state index contributed by atoms with van der Waals surface area (Å²) in [5, 5.41) is 4.32. The van der Waals surface area contributed by atoms with Gasteiger partial charge in [0.25, 0.3) is 0 Å². The second kappa shape index (κ2) is 4.40. The average molecular weight is 206 g/mol. The molecule has 2 rings (SSSR count). The maximum atomic E-state index is 5.78. The fraction of sp³-hybridized carbons (Fsp3) is 0.455. The highest BCUT2D eigenvalue weighted by molar-refractivity contribution is 5.65. The van der Waals surface area contributed by atoms with Gasteiger partial charge in [-0.05, 0) is 18.2 Å². The Morgan fingerprint density at radius 3 is 2.73 bits per heavy atom. The topological polar surface area (TPSA) is 52.6 Å². The first kappa shape index (κ1) is 10.1. The minimum atomic E-state index is 0.772. The lowest BCUT2D eigenvalue weighted by molar-refractivity contribution is 0.413. The summed E-state index contributed by atoms with van der Waals surface area (Å²) in [4.78, 5) is 2.27. The lowest BCUT2D eigenvalue weighted by Gasteiger charge is -2.29. The number of nitrogens with two attached hydrogens (primary N) is 1. The van der Waals surface area contributed by atoms with E-state index in [4.69, 9.17) is 10.5 Å². The number of piperazine rings is 1. The molecule has 0 aliphatic carbocycles. The van der Waals surface area contributed by atoms with E-state index >= 15 is 0 Å². The van der Waals surface area contributed by atoms with Crippen LogP contribution in [-0.4, -0.2) is 33.3 Å². The Kier molecular flexibility index (Phi) is 2.97. The molecule has 1 aliphatic rings. The lowest BCUT2D eigenvalue weighted by atomic mass is 10.2. The molecule has 4 nitrogen and oxygen atoms in total. The van der Waals surface area contributed by atoms with E-state index in [2.05, 4.69) is 10.2 Å². The summed E-state index contributed by atoms with van der Waals surface area (Å²) in [5.74, 6) is 0.881. The number of benzene rings is 1. The number of nitrogens with zero attached hydrogens (tertiary/aromatic N) is 2. The van der Waals surface area contributed by atoms with E-state index in [1.807, 2.05) is 18.2 Å². The Morgan fingerprint density at radius 2 is 2.07 bits per heavy atom. The zero-order valence-electron chi connectivity index (χ0n) is 8.94. The standard InChI is InChI=1S/C11H16N3O/c1-15-11-3-2-9(12)8-10(11)14-6-4-13-5-7-14/h2-3,8H,4-7,12H2,1H3. The predicted molar refractivity (Wildman–Crippen MR) is 61.5 cm³/mol. The largest absolute Gasteiger partial charge is 0.495 e. The van der Waals surface area contributed by atoms with Gasteiger partial charge in [0.05, 0.1) is 12.8 Å². The number of methoxy groups -OCH3 is 1. The summed E-state index contributed by atoms with van der Waals surface area (Å²) in [5.41, 5.74) is 7.63. The Labute approximate surface area is 90.0 Å². The number of rotatable bonds is 2. The van der Waals surface area contributed by atoms with Crippen molar-refractivity contribution in [3.8, 4) is 5.75 Å². The van der Waals surface area contributed by atoms with Gasteiger partial charge in [0.15, 0.2) is 0 Å². The van der Waals surface area contributed by atoms with Crippen LogP contribution in [0, 0.1) is 0 Å². The van der Waals surface area contributed by atoms with Crippen LogP contribution in [0.25, 0.3) is 0 Å². The molecule has 1 radical (unpaired) electrons. The minimum Gasteiger partial charge on any atom is -0.495 e. The lowest BCUT2D eigenvalue weighted by Crippen LogP contribution is -2.40. The Balaban J connectivity index is 2.27. The first-order valence-corrected chi connectivity index (χ1v) is 5.13. The fourth-order valence-electron chi connectivity index (χ4n) is 1.80. The molecule has 0 atom stereocenters. The zero-order valence-corrected chi connectivity index (χ0v) is 8.94. The molecule has 1 aromatic carbocycles. The molecule has 1 aromatic rings. The average Bonchev–Trinajstić information content (AvgIpc) is 2.30. The highest BCUT2D eigenvalue weighted by Gasteiger charge is 2.15. The van der Waals surface area contributed by atoms with Crippen molar-refractivity contribution in [3.63, 3.8) is 0 Å². The van der Waals surface area contributed by atoms with Crippen molar-refractivity contribution >= 4 is 11.4 Å². The van der Waals surface area contributed by atoms with Gasteiger partial charge < -0.3 is 15.4 Å². The number of hydrogen-bond acceptors (Lipinski definition) is 3. The maximum Gasteiger partial charge on any atom is 0.142 e. The molecule has 0 bridgehead atoms. The highest BCUT2D eigenvalue weighted by Crippen LogP contribution is 2.30. The van der Waals surface area contributed by atoms with Crippen LogP contribution >= 0.6 is 0 Å². The van der Waals surface area contributed by atoms with Gasteiger partial charge in [0.2, 0.25) is 0 Å². The third-order valence-electron chi connectivity index (χ3n) is 2.60. The molecule has 0 amide bonds. The Morgan fingerprint density at radius 1 is 1.33 bits per heavy atom. The first-order valence-electron chi connectivity index (χ1n) is 5.13. The number of anilines is 2. The van der Waals surface area contributed by atoms with E-state index in [9.17, 15) is 0 Å². The number of hydrogen-bond donors (Lipinski definition) is 1. The molecule has 0 unspecified atom stereocenters. The Hall–Kier alpha value is -1.42. The summed E-state index contributed by atoms with van der Waals surface area (Å²) in [6.07, 6.45) is 0. The maximum absolute atomic E-state index is 5.78. The van der Waals surface area contributed by atoms with Crippen molar-refractivity contribution in [3.05, 3.63) is 18.2 Å². The summed E-state index contributed by atoms with van der Waals surface area (Å²) >= 11 is 0. The minimum absolute atomic E-state index is 0.772. The fourth-order valence-corrected chi connectivity index (χ4v) is 1.80. The highest BCUT2D eigenvalue weighted by atomic mass is 16.5. The van der Waals surface area contributed by atoms with Crippen LogP contribution in [0.5, 0.6) is 5.75 Å². The van der Waals surface area contributed by atoms with E-state index in [-0.39, 0.29) is 0 Å². The molecule has 1 fully saturated rings. The summed E-state index contributed by atoms with van der Waals surface area (Å²) < 4.78 is 5.33. The first-order chi connectivity index (χ1) is 7.31. The third-order valence-corrected chi connectivity index (χ3v) is 2.60. The van der Waals surface area contributed by atoms with Crippen molar-refractivity contribution in [1.82, 2.24) is 5.32 Å². The molecule has 1 aliphatic heterocycles. The van der Waals surface area contributed by atoms with Crippen molar-refractivity contribution in [2.75, 3.05) is 43.9 Å². The molecule has 0 aromatic heterocycles. The quantitative estimate of drug-likeness (QED) is 0.725. The van der Waals surface area contributed by atoms with Gasteiger partial charge >= 0.3 is 0 Å². The molecule has 0 spiro atoms. The van der Waals surface area contributed by atoms with Crippen LogP contribution in [0.2, 0.25) is 0 Å². The van der Waals surface area contributed by atoms with Gasteiger partial charge in [-0.1, -0.05) is 0 Å². The van der Waals surface area contributed by atoms with E-state index in [0.717, 1.165) is 43.3 Å². The molecule has 15 heavy (non-hydrogen) atoms. The SMILES string of the molecule is COc1ccc(N)cc1N1CC[N]CC1. The van der Waals surface area contributed by atoms with Gasteiger partial charge in [-0.25, -0.2) is 5.32 Å². The van der Waals surface area contributed by atoms with Crippen molar-refractivity contribution < 1.29 is 4.74 Å². The van der Waals surface area contributed by atoms with Crippen LogP contribution in [0.15, 0.2) is 18.2 Å². The molecular weight excluding hydrogens is 190 g/mol. The molecule has 81 valence electrons. The second-order valence-electron chi connectivity index (χ2n) is 3.59. The van der Waals surface area contributed by atoms with E-state index in [0.29, 0.717) is 0 Å². The molecule has 1 saturated heterocycles. The normalized spacial score (nSPS) is 16.5. The van der Waals surface area contributed by atoms with Crippen LogP contribution in [0.3, 0.4) is 0 Å². The van der Waals surface area contributed by atoms with E-state index in [1.54, 1.807) is 7.11 Å². The van der Waals surface area contributed by atoms with Crippen molar-refractivity contribution in [1.29, 1.82) is 0 Å². The Bertz CT molecular complexity index is 335. The molecule has 0 saturated carbocycles. The van der Waals surface area contributed by atoms with Crippen LogP contribution < -0.4 is 20.7 Å². The second-order valence-corrected chi connectivity index (χ2v) is 3.59. The molecule has 4 heteroatoms. The predicted octanol–water partition coefficient (Wildman–Crippen LogP) is 0.702. The van der Waals surface area contributed by atoms with Gasteiger partial charge in [-0.2, -0.15) is 0 Å². The number of nitrogen functional groups attached to an aromatic ring is 1. The van der Waals surface area contributed by atoms with Gasteiger partial charge in [-0.15, -0.1) is 0 Å². The van der Waals surface area contributed by atoms with E-state index in [1.165, 1.54) is 0 Å². The number of ether oxygens (including phenoxy) is 1. The van der Waals surface area contributed by atoms with Gasteiger partial charge in [-0.3, -0.25) is 0 Å². The zero-order chi connectivity index (χ0) is 10.7. The van der Waals surface area contributed by atoms with Crippen molar-refractivity contribution in [2.45, 2.75) is 0 Å². The van der Waals surface area contributed by atoms with Crippen LogP contribution in [0.4, 0.5) is 11.4 Å². The van der Waals surface area contributed by atoms with Crippen LogP contribution in [-0.2, 0) is 0 Å². The van der Waals surface area contributed by atoms with Gasteiger partial charge in [0.1, 0.15) is 5.75 Å².